The number of nitrogen functional groups attached to an aromatic ring is 1. The van der Waals surface area contributed by atoms with Crippen molar-refractivity contribution in [3.63, 3.8) is 0 Å². The fraction of sp³-hybridized carbons (Fsp3) is 0.0769. The van der Waals surface area contributed by atoms with E-state index in [-0.39, 0.29) is 23.5 Å². The minimum atomic E-state index is -1.02. The molecule has 0 aliphatic rings. The van der Waals surface area contributed by atoms with Crippen LogP contribution in [0.15, 0.2) is 30.3 Å². The molecule has 2 aromatic carbocycles. The summed E-state index contributed by atoms with van der Waals surface area (Å²) >= 11 is 0. The quantitative estimate of drug-likeness (QED) is 0.516. The molecule has 21 heavy (non-hydrogen) atoms. The molecule has 3 N–H and O–H groups in total. The molecule has 0 aliphatic carbocycles. The second-order valence-electron chi connectivity index (χ2n) is 4.23. The van der Waals surface area contributed by atoms with Crippen molar-refractivity contribution >= 4 is 17.1 Å². The largest absolute Gasteiger partial charge is 0.393 e. The van der Waals surface area contributed by atoms with E-state index in [1.807, 2.05) is 0 Å². The monoisotopic (exact) mass is 297 g/mol. The number of rotatable bonds is 4. The van der Waals surface area contributed by atoms with Crippen molar-refractivity contribution in [3.05, 3.63) is 63.5 Å². The molecular weight excluding hydrogens is 287 g/mol. The van der Waals surface area contributed by atoms with Gasteiger partial charge in [-0.2, -0.15) is 0 Å². The van der Waals surface area contributed by atoms with Crippen LogP contribution in [0.4, 0.5) is 30.2 Å². The summed E-state index contributed by atoms with van der Waals surface area (Å²) in [5.41, 5.74) is 5.16. The summed E-state index contributed by atoms with van der Waals surface area (Å²) in [5, 5.41) is 13.3. The van der Waals surface area contributed by atoms with Crippen LogP contribution in [0.3, 0.4) is 0 Å². The molecule has 2 rings (SSSR count). The Hall–Kier alpha value is -2.77. The first-order chi connectivity index (χ1) is 9.88. The standard InChI is InChI=1S/C13H10F3N3O2/c14-7-3-10(15)9(11(16)4-7)6-18-8-1-2-13(19(20)21)12(17)5-8/h1-5,18H,6,17H2. The number of hydrogen-bond donors (Lipinski definition) is 2. The molecule has 0 heterocycles. The van der Waals surface area contributed by atoms with Crippen molar-refractivity contribution < 1.29 is 18.1 Å². The van der Waals surface area contributed by atoms with Crippen molar-refractivity contribution in [3.8, 4) is 0 Å². The predicted molar refractivity (Wildman–Crippen MR) is 71.2 cm³/mol. The Labute approximate surface area is 117 Å². The van der Waals surface area contributed by atoms with Gasteiger partial charge in [-0.05, 0) is 12.1 Å². The van der Waals surface area contributed by atoms with Crippen molar-refractivity contribution in [2.24, 2.45) is 0 Å². The third-order valence-corrected chi connectivity index (χ3v) is 2.80. The number of nitrogens with one attached hydrogen (secondary N) is 1. The third kappa shape index (κ3) is 3.22. The zero-order valence-electron chi connectivity index (χ0n) is 10.6. The van der Waals surface area contributed by atoms with Crippen molar-refractivity contribution in [1.82, 2.24) is 0 Å². The normalized spacial score (nSPS) is 10.4. The first-order valence-electron chi connectivity index (χ1n) is 5.79. The van der Waals surface area contributed by atoms with E-state index in [4.69, 9.17) is 5.73 Å². The van der Waals surface area contributed by atoms with Crippen LogP contribution < -0.4 is 11.1 Å². The Balaban J connectivity index is 2.17. The summed E-state index contributed by atoms with van der Waals surface area (Å²) in [5.74, 6) is -3.04. The summed E-state index contributed by atoms with van der Waals surface area (Å²) in [6.07, 6.45) is 0. The Kier molecular flexibility index (Phi) is 3.97. The zero-order valence-corrected chi connectivity index (χ0v) is 10.6. The van der Waals surface area contributed by atoms with Gasteiger partial charge in [0, 0.05) is 36.0 Å². The molecule has 0 saturated carbocycles. The van der Waals surface area contributed by atoms with Gasteiger partial charge >= 0.3 is 0 Å². The van der Waals surface area contributed by atoms with Crippen LogP contribution in [0.25, 0.3) is 0 Å². The highest BCUT2D eigenvalue weighted by Crippen LogP contribution is 2.25. The molecule has 0 saturated heterocycles. The summed E-state index contributed by atoms with van der Waals surface area (Å²) in [6.45, 7) is -0.255. The van der Waals surface area contributed by atoms with Crippen LogP contribution in [0, 0.1) is 27.6 Å². The first-order valence-corrected chi connectivity index (χ1v) is 5.79. The van der Waals surface area contributed by atoms with Gasteiger partial charge in [-0.15, -0.1) is 0 Å². The number of halogens is 3. The lowest BCUT2D eigenvalue weighted by Crippen LogP contribution is -2.06. The maximum absolute atomic E-state index is 13.4. The highest BCUT2D eigenvalue weighted by atomic mass is 19.1. The molecule has 110 valence electrons. The highest BCUT2D eigenvalue weighted by Gasteiger charge is 2.13. The van der Waals surface area contributed by atoms with Gasteiger partial charge in [-0.1, -0.05) is 0 Å². The molecule has 0 fully saturated rings. The number of nitro groups is 1. The second-order valence-corrected chi connectivity index (χ2v) is 4.23. The molecule has 5 nitrogen and oxygen atoms in total. The Morgan fingerprint density at radius 2 is 1.76 bits per heavy atom. The van der Waals surface area contributed by atoms with Gasteiger partial charge in [0.1, 0.15) is 23.1 Å². The zero-order chi connectivity index (χ0) is 15.6. The van der Waals surface area contributed by atoms with Gasteiger partial charge in [0.2, 0.25) is 0 Å². The Bertz CT molecular complexity index is 684. The van der Waals surface area contributed by atoms with Crippen LogP contribution in [0.1, 0.15) is 5.56 Å². The smallest absolute Gasteiger partial charge is 0.292 e. The molecular formula is C13H10F3N3O2. The van der Waals surface area contributed by atoms with Crippen molar-refractivity contribution in [2.75, 3.05) is 11.1 Å². The van der Waals surface area contributed by atoms with Gasteiger partial charge in [0.15, 0.2) is 0 Å². The fourth-order valence-electron chi connectivity index (χ4n) is 1.76. The van der Waals surface area contributed by atoms with Crippen LogP contribution in [0.5, 0.6) is 0 Å². The molecule has 0 aliphatic heterocycles. The molecule has 2 aromatic rings. The van der Waals surface area contributed by atoms with Crippen molar-refractivity contribution in [1.29, 1.82) is 0 Å². The summed E-state index contributed by atoms with van der Waals surface area (Å²) in [7, 11) is 0. The predicted octanol–water partition coefficient (Wildman–Crippen LogP) is 3.21. The van der Waals surface area contributed by atoms with Crippen LogP contribution in [-0.2, 0) is 6.54 Å². The minimum absolute atomic E-state index is 0.0787. The Morgan fingerprint density at radius 3 is 2.29 bits per heavy atom. The summed E-state index contributed by atoms with van der Waals surface area (Å²) in [4.78, 5) is 9.96. The first kappa shape index (κ1) is 14.6. The SMILES string of the molecule is Nc1cc(NCc2c(F)cc(F)cc2F)ccc1[N+](=O)[O-]. The maximum Gasteiger partial charge on any atom is 0.292 e. The maximum atomic E-state index is 13.4. The number of nitrogens with two attached hydrogens (primary N) is 1. The summed E-state index contributed by atoms with van der Waals surface area (Å²) < 4.78 is 39.6. The lowest BCUT2D eigenvalue weighted by Gasteiger charge is -2.09. The summed E-state index contributed by atoms with van der Waals surface area (Å²) in [6, 6.07) is 4.95. The molecule has 8 heteroatoms. The molecule has 0 atom stereocenters. The fourth-order valence-corrected chi connectivity index (χ4v) is 1.76. The van der Waals surface area contributed by atoms with Crippen LogP contribution >= 0.6 is 0 Å². The van der Waals surface area contributed by atoms with Gasteiger partial charge in [-0.25, -0.2) is 13.2 Å². The van der Waals surface area contributed by atoms with E-state index in [0.717, 1.165) is 0 Å². The molecule has 0 amide bonds. The average Bonchev–Trinajstić information content (AvgIpc) is 2.36. The topological polar surface area (TPSA) is 81.2 Å². The molecule has 0 spiro atoms. The minimum Gasteiger partial charge on any atom is -0.393 e. The van der Waals surface area contributed by atoms with Gasteiger partial charge in [0.25, 0.3) is 5.69 Å². The van der Waals surface area contributed by atoms with Crippen LogP contribution in [0.2, 0.25) is 0 Å². The van der Waals surface area contributed by atoms with Gasteiger partial charge in [-0.3, -0.25) is 10.1 Å². The van der Waals surface area contributed by atoms with E-state index in [1.165, 1.54) is 18.2 Å². The van der Waals surface area contributed by atoms with E-state index in [0.29, 0.717) is 17.8 Å². The second kappa shape index (κ2) is 5.70. The lowest BCUT2D eigenvalue weighted by atomic mass is 10.1. The van der Waals surface area contributed by atoms with E-state index in [9.17, 15) is 23.3 Å². The van der Waals surface area contributed by atoms with E-state index >= 15 is 0 Å². The number of hydrogen-bond acceptors (Lipinski definition) is 4. The molecule has 0 bridgehead atoms. The van der Waals surface area contributed by atoms with Gasteiger partial charge in [0.05, 0.1) is 4.92 Å². The highest BCUT2D eigenvalue weighted by molar-refractivity contribution is 5.65. The number of nitrogens with zero attached hydrogens (tertiary/aromatic N) is 1. The number of anilines is 2. The Morgan fingerprint density at radius 1 is 1.14 bits per heavy atom. The van der Waals surface area contributed by atoms with E-state index < -0.39 is 22.4 Å². The average molecular weight is 297 g/mol. The molecule has 0 unspecified atom stereocenters. The van der Waals surface area contributed by atoms with E-state index in [1.54, 1.807) is 0 Å². The third-order valence-electron chi connectivity index (χ3n) is 2.80. The van der Waals surface area contributed by atoms with Crippen molar-refractivity contribution in [2.45, 2.75) is 6.54 Å². The van der Waals surface area contributed by atoms with Crippen LogP contribution in [-0.4, -0.2) is 4.92 Å². The molecule has 0 radical (unpaired) electrons. The van der Waals surface area contributed by atoms with E-state index in [2.05, 4.69) is 5.32 Å². The molecule has 0 aromatic heterocycles. The number of nitro benzene ring substituents is 1. The number of benzene rings is 2. The lowest BCUT2D eigenvalue weighted by molar-refractivity contribution is -0.383. The van der Waals surface area contributed by atoms with Gasteiger partial charge < -0.3 is 11.1 Å².